The zero-order valence-corrected chi connectivity index (χ0v) is 15.7. The van der Waals surface area contributed by atoms with Crippen LogP contribution >= 0.6 is 0 Å². The number of nitrogens with zero attached hydrogens (tertiary/aromatic N) is 2. The Morgan fingerprint density at radius 1 is 0.815 bits per heavy atom. The van der Waals surface area contributed by atoms with Crippen LogP contribution in [-0.2, 0) is 12.8 Å². The molecule has 5 heteroatoms. The van der Waals surface area contributed by atoms with Crippen LogP contribution in [-0.4, -0.2) is 62.3 Å². The second-order valence-electron chi connectivity index (χ2n) is 6.95. The molecule has 0 unspecified atom stereocenters. The van der Waals surface area contributed by atoms with Crippen LogP contribution in [0.15, 0.2) is 48.5 Å². The molecule has 3 nitrogen and oxygen atoms in total. The van der Waals surface area contributed by atoms with Gasteiger partial charge in [0.2, 0.25) is 0 Å². The molecule has 3 rings (SSSR count). The minimum absolute atomic E-state index is 0.115. The minimum atomic E-state index is -0.464. The highest BCUT2D eigenvalue weighted by Gasteiger charge is 2.17. The van der Waals surface area contributed by atoms with Crippen molar-refractivity contribution in [2.24, 2.45) is 0 Å². The van der Waals surface area contributed by atoms with Gasteiger partial charge in [-0.05, 0) is 42.2 Å². The van der Waals surface area contributed by atoms with Gasteiger partial charge in [0, 0.05) is 39.3 Å². The van der Waals surface area contributed by atoms with Gasteiger partial charge in [-0.1, -0.05) is 30.3 Å². The molecule has 0 N–H and O–H groups in total. The maximum atomic E-state index is 13.0. The molecule has 1 heterocycles. The lowest BCUT2D eigenvalue weighted by atomic mass is 10.1. The molecule has 0 saturated carbocycles. The molecule has 2 aromatic rings. The summed E-state index contributed by atoms with van der Waals surface area (Å²) in [5.41, 5.74) is 2.33. The number of ether oxygens (including phenoxy) is 1. The van der Waals surface area contributed by atoms with Gasteiger partial charge < -0.3 is 14.5 Å². The van der Waals surface area contributed by atoms with Crippen LogP contribution in [0.5, 0.6) is 5.75 Å². The average molecular weight is 374 g/mol. The second-order valence-corrected chi connectivity index (χ2v) is 6.95. The molecular formula is C22H28F2N2O. The Hall–Kier alpha value is -1.98. The molecule has 146 valence electrons. The first-order valence-electron chi connectivity index (χ1n) is 9.70. The fraction of sp³-hybridized carbons (Fsp3) is 0.455. The molecule has 0 aliphatic carbocycles. The minimum Gasteiger partial charge on any atom is -0.491 e. The van der Waals surface area contributed by atoms with E-state index < -0.39 is 6.67 Å². The van der Waals surface area contributed by atoms with E-state index in [1.807, 2.05) is 30.3 Å². The van der Waals surface area contributed by atoms with Gasteiger partial charge in [-0.15, -0.1) is 0 Å². The molecule has 0 amide bonds. The first-order valence-corrected chi connectivity index (χ1v) is 9.70. The van der Waals surface area contributed by atoms with Gasteiger partial charge in [0.15, 0.2) is 0 Å². The van der Waals surface area contributed by atoms with Gasteiger partial charge in [0.1, 0.15) is 24.8 Å². The van der Waals surface area contributed by atoms with Gasteiger partial charge in [-0.2, -0.15) is 0 Å². The summed E-state index contributed by atoms with van der Waals surface area (Å²) in [5, 5.41) is 0. The van der Waals surface area contributed by atoms with E-state index in [-0.39, 0.29) is 12.4 Å². The normalized spacial score (nSPS) is 15.8. The first-order chi connectivity index (χ1) is 13.2. The Morgan fingerprint density at radius 3 is 2.11 bits per heavy atom. The summed E-state index contributed by atoms with van der Waals surface area (Å²) in [7, 11) is 0. The smallest absolute Gasteiger partial charge is 0.123 e. The van der Waals surface area contributed by atoms with Crippen molar-refractivity contribution in [1.82, 2.24) is 9.80 Å². The van der Waals surface area contributed by atoms with Crippen LogP contribution in [0.3, 0.4) is 0 Å². The molecular weight excluding hydrogens is 346 g/mol. The summed E-state index contributed by atoms with van der Waals surface area (Å²) in [6.45, 7) is 5.87. The second kappa shape index (κ2) is 10.4. The Balaban J connectivity index is 1.39. The first kappa shape index (κ1) is 19.8. The fourth-order valence-corrected chi connectivity index (χ4v) is 3.45. The Bertz CT molecular complexity index is 685. The fourth-order valence-electron chi connectivity index (χ4n) is 3.45. The predicted octanol–water partition coefficient (Wildman–Crippen LogP) is 3.58. The van der Waals surface area contributed by atoms with E-state index in [0.717, 1.165) is 63.4 Å². The highest BCUT2D eigenvalue weighted by Crippen LogP contribution is 2.19. The Kier molecular flexibility index (Phi) is 7.60. The van der Waals surface area contributed by atoms with Gasteiger partial charge in [-0.3, -0.25) is 0 Å². The molecule has 0 bridgehead atoms. The maximum absolute atomic E-state index is 13.0. The van der Waals surface area contributed by atoms with Crippen molar-refractivity contribution in [3.63, 3.8) is 0 Å². The third-order valence-corrected chi connectivity index (χ3v) is 5.10. The molecule has 2 aromatic carbocycles. The van der Waals surface area contributed by atoms with Crippen molar-refractivity contribution in [2.75, 3.05) is 52.6 Å². The number of alkyl halides is 1. The standard InChI is InChI=1S/C22H28F2N2O/c23-11-18-27-22-4-2-1-3-20(22)10-13-26-16-14-25(15-17-26)12-9-19-5-7-21(24)8-6-19/h1-8H,9-18H2. The van der Waals surface area contributed by atoms with Crippen molar-refractivity contribution in [3.05, 3.63) is 65.5 Å². The molecule has 0 atom stereocenters. The number of benzene rings is 2. The number of hydrogen-bond donors (Lipinski definition) is 0. The summed E-state index contributed by atoms with van der Waals surface area (Å²) in [5.74, 6) is 0.622. The van der Waals surface area contributed by atoms with Crippen LogP contribution in [0.1, 0.15) is 11.1 Å². The largest absolute Gasteiger partial charge is 0.491 e. The number of para-hydroxylation sites is 1. The molecule has 0 spiro atoms. The molecule has 27 heavy (non-hydrogen) atoms. The van der Waals surface area contributed by atoms with E-state index in [9.17, 15) is 8.78 Å². The van der Waals surface area contributed by atoms with Crippen molar-refractivity contribution in [2.45, 2.75) is 12.8 Å². The molecule has 0 radical (unpaired) electrons. The third kappa shape index (κ3) is 6.29. The van der Waals surface area contributed by atoms with Gasteiger partial charge in [0.05, 0.1) is 0 Å². The van der Waals surface area contributed by atoms with Crippen molar-refractivity contribution in [1.29, 1.82) is 0 Å². The lowest BCUT2D eigenvalue weighted by Crippen LogP contribution is -2.47. The zero-order chi connectivity index (χ0) is 18.9. The van der Waals surface area contributed by atoms with E-state index >= 15 is 0 Å². The lowest BCUT2D eigenvalue weighted by Gasteiger charge is -2.34. The van der Waals surface area contributed by atoms with E-state index in [0.29, 0.717) is 0 Å². The van der Waals surface area contributed by atoms with Crippen LogP contribution < -0.4 is 4.74 Å². The highest BCUT2D eigenvalue weighted by molar-refractivity contribution is 5.33. The highest BCUT2D eigenvalue weighted by atomic mass is 19.1. The van der Waals surface area contributed by atoms with Crippen molar-refractivity contribution >= 4 is 0 Å². The van der Waals surface area contributed by atoms with Crippen LogP contribution in [0.25, 0.3) is 0 Å². The quantitative estimate of drug-likeness (QED) is 0.667. The zero-order valence-electron chi connectivity index (χ0n) is 15.7. The topological polar surface area (TPSA) is 15.7 Å². The lowest BCUT2D eigenvalue weighted by molar-refractivity contribution is 0.134. The van der Waals surface area contributed by atoms with Crippen LogP contribution in [0.4, 0.5) is 8.78 Å². The molecule has 0 aromatic heterocycles. The van der Waals surface area contributed by atoms with Crippen molar-refractivity contribution < 1.29 is 13.5 Å². The SMILES string of the molecule is FCCOc1ccccc1CCN1CCN(CCc2ccc(F)cc2)CC1. The summed E-state index contributed by atoms with van der Waals surface area (Å²) in [6, 6.07) is 14.7. The molecule has 1 aliphatic rings. The van der Waals surface area contributed by atoms with Gasteiger partial charge >= 0.3 is 0 Å². The summed E-state index contributed by atoms with van der Waals surface area (Å²) in [6.07, 6.45) is 1.87. The average Bonchev–Trinajstić information content (AvgIpc) is 2.71. The van der Waals surface area contributed by atoms with E-state index in [1.165, 1.54) is 17.7 Å². The number of piperazine rings is 1. The Morgan fingerprint density at radius 2 is 1.44 bits per heavy atom. The predicted molar refractivity (Wildman–Crippen MR) is 105 cm³/mol. The molecule has 1 aliphatic heterocycles. The number of halogens is 2. The third-order valence-electron chi connectivity index (χ3n) is 5.10. The van der Waals surface area contributed by atoms with E-state index in [4.69, 9.17) is 4.74 Å². The van der Waals surface area contributed by atoms with E-state index in [2.05, 4.69) is 15.9 Å². The number of hydrogen-bond acceptors (Lipinski definition) is 3. The van der Waals surface area contributed by atoms with Crippen LogP contribution in [0.2, 0.25) is 0 Å². The summed E-state index contributed by atoms with van der Waals surface area (Å²) < 4.78 is 30.8. The summed E-state index contributed by atoms with van der Waals surface area (Å²) >= 11 is 0. The van der Waals surface area contributed by atoms with Crippen LogP contribution in [0, 0.1) is 5.82 Å². The monoisotopic (exact) mass is 374 g/mol. The van der Waals surface area contributed by atoms with Gasteiger partial charge in [0.25, 0.3) is 0 Å². The number of rotatable bonds is 9. The Labute approximate surface area is 160 Å². The molecule has 1 fully saturated rings. The molecule has 1 saturated heterocycles. The summed E-state index contributed by atoms with van der Waals surface area (Å²) in [4.78, 5) is 4.94. The van der Waals surface area contributed by atoms with Crippen molar-refractivity contribution in [3.8, 4) is 5.75 Å². The van der Waals surface area contributed by atoms with E-state index in [1.54, 1.807) is 0 Å². The maximum Gasteiger partial charge on any atom is 0.123 e. The van der Waals surface area contributed by atoms with Gasteiger partial charge in [-0.25, -0.2) is 8.78 Å².